The van der Waals surface area contributed by atoms with Gasteiger partial charge in [-0.2, -0.15) is 17.4 Å². The van der Waals surface area contributed by atoms with Crippen molar-refractivity contribution in [1.29, 1.82) is 0 Å². The molecule has 1 heterocycles. The first-order valence-electron chi connectivity index (χ1n) is 5.47. The number of nitrogens with one attached hydrogen (secondary N) is 1. The molecule has 0 spiro atoms. The highest BCUT2D eigenvalue weighted by Gasteiger charge is 2.49. The summed E-state index contributed by atoms with van der Waals surface area (Å²) in [4.78, 5) is 11.9. The summed E-state index contributed by atoms with van der Waals surface area (Å²) in [5.41, 5.74) is -1.21. The number of benzene rings is 1. The van der Waals surface area contributed by atoms with Gasteiger partial charge in [0, 0.05) is 0 Å². The largest absolute Gasteiger partial charge is 0.309 e. The number of sulfonamides is 1. The lowest BCUT2D eigenvalue weighted by atomic mass is 10.1. The summed E-state index contributed by atoms with van der Waals surface area (Å²) in [5.74, 6) is -0.652. The molecular weight excluding hydrogens is 306 g/mol. The molecule has 1 amide bonds. The van der Waals surface area contributed by atoms with E-state index in [1.807, 2.05) is 0 Å². The molecule has 110 valence electrons. The van der Waals surface area contributed by atoms with Crippen molar-refractivity contribution in [3.05, 3.63) is 24.3 Å². The van der Waals surface area contributed by atoms with Gasteiger partial charge in [0.25, 0.3) is 5.91 Å². The molecule has 2 rings (SSSR count). The highest BCUT2D eigenvalue weighted by atomic mass is 32.2. The van der Waals surface area contributed by atoms with Crippen molar-refractivity contribution in [2.45, 2.75) is 24.3 Å². The van der Waals surface area contributed by atoms with Crippen LogP contribution in [0.15, 0.2) is 29.2 Å². The number of hydrogen-bond donors (Lipinski definition) is 2. The molecule has 8 nitrogen and oxygen atoms in total. The lowest BCUT2D eigenvalue weighted by molar-refractivity contribution is -0.120. The molecule has 0 aliphatic carbocycles. The Bertz CT molecular complexity index is 766. The van der Waals surface area contributed by atoms with E-state index in [0.717, 1.165) is 12.1 Å². The standard InChI is InChI=1S/C10H13N3O5S2/c1-10(2)9(14)13(20(17,18)12-10)7-3-5-8(6-4-7)19(11,15)16/h3-6,12H,1-2H3,(H2,11,15,16). The molecule has 3 N–H and O–H groups in total. The molecule has 20 heavy (non-hydrogen) atoms. The topological polar surface area (TPSA) is 127 Å². The second-order valence-electron chi connectivity index (χ2n) is 4.84. The molecule has 1 aromatic carbocycles. The number of hydrogen-bond acceptors (Lipinski definition) is 5. The summed E-state index contributed by atoms with van der Waals surface area (Å²) in [6.07, 6.45) is 0. The molecule has 1 aliphatic heterocycles. The fraction of sp³-hybridized carbons (Fsp3) is 0.300. The first-order valence-corrected chi connectivity index (χ1v) is 8.45. The van der Waals surface area contributed by atoms with E-state index in [0.29, 0.717) is 4.31 Å². The zero-order valence-electron chi connectivity index (χ0n) is 10.7. The van der Waals surface area contributed by atoms with Crippen molar-refractivity contribution in [3.63, 3.8) is 0 Å². The van der Waals surface area contributed by atoms with Gasteiger partial charge in [-0.3, -0.25) is 4.79 Å². The maximum atomic E-state index is 12.1. The highest BCUT2D eigenvalue weighted by Crippen LogP contribution is 2.28. The van der Waals surface area contributed by atoms with Crippen molar-refractivity contribution >= 4 is 31.8 Å². The molecular formula is C10H13N3O5S2. The number of carbonyl (C=O) groups is 1. The van der Waals surface area contributed by atoms with Crippen molar-refractivity contribution in [2.75, 3.05) is 4.31 Å². The SMILES string of the molecule is CC1(C)NS(=O)(=O)N(c2ccc(S(N)(=O)=O)cc2)C1=O. The van der Waals surface area contributed by atoms with Gasteiger partial charge in [0.2, 0.25) is 10.0 Å². The summed E-state index contributed by atoms with van der Waals surface area (Å²) < 4.78 is 48.9. The molecule has 0 radical (unpaired) electrons. The molecule has 0 aromatic heterocycles. The predicted molar refractivity (Wildman–Crippen MR) is 71.4 cm³/mol. The average molecular weight is 319 g/mol. The number of nitrogens with zero attached hydrogens (tertiary/aromatic N) is 1. The van der Waals surface area contributed by atoms with Crippen LogP contribution >= 0.6 is 0 Å². The average Bonchev–Trinajstić information content (AvgIpc) is 2.42. The van der Waals surface area contributed by atoms with E-state index in [-0.39, 0.29) is 10.6 Å². The quantitative estimate of drug-likeness (QED) is 0.745. The van der Waals surface area contributed by atoms with Gasteiger partial charge in [0.15, 0.2) is 0 Å². The Kier molecular flexibility index (Phi) is 3.17. The first kappa shape index (κ1) is 14.9. The van der Waals surface area contributed by atoms with E-state index in [1.54, 1.807) is 0 Å². The van der Waals surface area contributed by atoms with Gasteiger partial charge in [-0.25, -0.2) is 13.6 Å². The molecule has 0 unspecified atom stereocenters. The summed E-state index contributed by atoms with van der Waals surface area (Å²) in [6.45, 7) is 2.87. The summed E-state index contributed by atoms with van der Waals surface area (Å²) in [6, 6.07) is 4.69. The highest BCUT2D eigenvalue weighted by molar-refractivity contribution is 7.92. The predicted octanol–water partition coefficient (Wildman–Crippen LogP) is -0.706. The lowest BCUT2D eigenvalue weighted by Gasteiger charge is -2.15. The minimum absolute atomic E-state index is 0.0421. The van der Waals surface area contributed by atoms with Crippen molar-refractivity contribution in [2.24, 2.45) is 5.14 Å². The second kappa shape index (κ2) is 4.25. The van der Waals surface area contributed by atoms with Crippen molar-refractivity contribution in [3.8, 4) is 0 Å². The van der Waals surface area contributed by atoms with Crippen LogP contribution in [0.25, 0.3) is 0 Å². The molecule has 0 bridgehead atoms. The molecule has 1 aromatic rings. The van der Waals surface area contributed by atoms with Crippen molar-refractivity contribution in [1.82, 2.24) is 4.72 Å². The minimum Gasteiger partial charge on any atom is -0.271 e. The number of anilines is 1. The van der Waals surface area contributed by atoms with Crippen LogP contribution in [-0.2, 0) is 25.0 Å². The van der Waals surface area contributed by atoms with Crippen LogP contribution in [0.1, 0.15) is 13.8 Å². The maximum absolute atomic E-state index is 12.1. The zero-order chi connectivity index (χ0) is 15.3. The monoisotopic (exact) mass is 319 g/mol. The van der Waals surface area contributed by atoms with Crippen LogP contribution < -0.4 is 14.2 Å². The van der Waals surface area contributed by atoms with E-state index in [4.69, 9.17) is 5.14 Å². The van der Waals surface area contributed by atoms with Crippen LogP contribution in [0.4, 0.5) is 5.69 Å². The molecule has 1 saturated heterocycles. The first-order chi connectivity index (χ1) is 8.95. The normalized spacial score (nSPS) is 21.1. The van der Waals surface area contributed by atoms with E-state index in [2.05, 4.69) is 4.72 Å². The zero-order valence-corrected chi connectivity index (χ0v) is 12.3. The molecule has 10 heteroatoms. The second-order valence-corrected chi connectivity index (χ2v) is 7.92. The Morgan fingerprint density at radius 2 is 1.70 bits per heavy atom. The third-order valence-corrected chi connectivity index (χ3v) is 5.30. The minimum atomic E-state index is -3.99. The van der Waals surface area contributed by atoms with E-state index in [9.17, 15) is 21.6 Å². The van der Waals surface area contributed by atoms with E-state index < -0.39 is 31.7 Å². The number of rotatable bonds is 2. The third-order valence-electron chi connectivity index (χ3n) is 2.74. The Balaban J connectivity index is 2.50. The third kappa shape index (κ3) is 2.42. The van der Waals surface area contributed by atoms with E-state index in [1.165, 1.54) is 26.0 Å². The summed E-state index contributed by atoms with van der Waals surface area (Å²) >= 11 is 0. The smallest absolute Gasteiger partial charge is 0.271 e. The van der Waals surface area contributed by atoms with Crippen LogP contribution in [-0.4, -0.2) is 28.3 Å². The Morgan fingerprint density at radius 1 is 1.20 bits per heavy atom. The maximum Gasteiger partial charge on any atom is 0.309 e. The van der Waals surface area contributed by atoms with Crippen molar-refractivity contribution < 1.29 is 21.6 Å². The molecule has 1 aliphatic rings. The molecule has 0 saturated carbocycles. The van der Waals surface area contributed by atoms with Gasteiger partial charge in [0.05, 0.1) is 10.6 Å². The lowest BCUT2D eigenvalue weighted by Crippen LogP contribution is -2.40. The van der Waals surface area contributed by atoms with Crippen LogP contribution in [0.2, 0.25) is 0 Å². The van der Waals surface area contributed by atoms with Crippen LogP contribution in [0.5, 0.6) is 0 Å². The Morgan fingerprint density at radius 3 is 2.05 bits per heavy atom. The summed E-state index contributed by atoms with van der Waals surface area (Å²) in [7, 11) is -7.87. The number of carbonyl (C=O) groups excluding carboxylic acids is 1. The fourth-order valence-electron chi connectivity index (χ4n) is 1.80. The van der Waals surface area contributed by atoms with Crippen LogP contribution in [0, 0.1) is 0 Å². The Labute approximate surface area is 116 Å². The van der Waals surface area contributed by atoms with Gasteiger partial charge in [-0.1, -0.05) is 0 Å². The summed E-state index contributed by atoms with van der Waals surface area (Å²) in [5, 5.41) is 4.95. The van der Waals surface area contributed by atoms with E-state index >= 15 is 0 Å². The van der Waals surface area contributed by atoms with Gasteiger partial charge in [-0.15, -0.1) is 0 Å². The molecule has 1 fully saturated rings. The van der Waals surface area contributed by atoms with Gasteiger partial charge in [0.1, 0.15) is 5.54 Å². The Hall–Kier alpha value is -1.49. The van der Waals surface area contributed by atoms with Gasteiger partial charge >= 0.3 is 10.2 Å². The number of amides is 1. The fourth-order valence-corrected chi connectivity index (χ4v) is 3.99. The number of primary sulfonamides is 1. The van der Waals surface area contributed by atoms with Crippen LogP contribution in [0.3, 0.4) is 0 Å². The molecule has 0 atom stereocenters. The number of nitrogens with two attached hydrogens (primary N) is 1. The van der Waals surface area contributed by atoms with Gasteiger partial charge < -0.3 is 0 Å². The van der Waals surface area contributed by atoms with Gasteiger partial charge in [-0.05, 0) is 38.1 Å².